The molecule has 0 aliphatic heterocycles. The molecule has 3 aromatic rings. The van der Waals surface area contributed by atoms with Crippen LogP contribution < -0.4 is 20.7 Å². The van der Waals surface area contributed by atoms with Gasteiger partial charge in [0.25, 0.3) is 5.56 Å². The largest absolute Gasteiger partial charge is 0.493 e. The summed E-state index contributed by atoms with van der Waals surface area (Å²) in [6.45, 7) is 0. The van der Waals surface area contributed by atoms with Crippen molar-refractivity contribution in [1.29, 1.82) is 0 Å². The van der Waals surface area contributed by atoms with E-state index in [9.17, 15) is 9.59 Å². The second kappa shape index (κ2) is 6.12. The summed E-state index contributed by atoms with van der Waals surface area (Å²) < 4.78 is 14.8. The Balaban J connectivity index is 2.14. The Morgan fingerprint density at radius 3 is 2.28 bits per heavy atom. The lowest BCUT2D eigenvalue weighted by molar-refractivity contribution is 0.354. The average molecular weight is 344 g/mol. The molecule has 2 heterocycles. The molecule has 0 saturated heterocycles. The Labute approximate surface area is 143 Å². The Morgan fingerprint density at radius 2 is 1.64 bits per heavy atom. The predicted octanol–water partition coefficient (Wildman–Crippen LogP) is 0.579. The fraction of sp³-hybridized carbons (Fsp3) is 0.353. The van der Waals surface area contributed by atoms with Crippen LogP contribution in [0.3, 0.4) is 0 Å². The molecule has 0 atom stereocenters. The quantitative estimate of drug-likeness (QED) is 0.692. The molecule has 132 valence electrons. The maximum atomic E-state index is 12.4. The maximum absolute atomic E-state index is 12.4. The molecule has 0 saturated carbocycles. The van der Waals surface area contributed by atoms with E-state index in [0.29, 0.717) is 34.9 Å². The number of fused-ring (bicyclic) bond motifs is 1. The molecule has 0 aliphatic rings. The Kier molecular flexibility index (Phi) is 4.12. The van der Waals surface area contributed by atoms with Crippen LogP contribution in [0.25, 0.3) is 11.2 Å². The van der Waals surface area contributed by atoms with Crippen molar-refractivity contribution in [2.24, 2.45) is 21.1 Å². The van der Waals surface area contributed by atoms with E-state index >= 15 is 0 Å². The van der Waals surface area contributed by atoms with E-state index < -0.39 is 5.69 Å². The molecule has 3 rings (SSSR count). The van der Waals surface area contributed by atoms with Crippen molar-refractivity contribution in [3.8, 4) is 11.5 Å². The van der Waals surface area contributed by atoms with E-state index in [2.05, 4.69) is 4.98 Å². The summed E-state index contributed by atoms with van der Waals surface area (Å²) in [7, 11) is 8.01. The van der Waals surface area contributed by atoms with Gasteiger partial charge in [-0.1, -0.05) is 6.07 Å². The molecule has 1 aromatic carbocycles. The zero-order valence-electron chi connectivity index (χ0n) is 14.9. The first-order valence-corrected chi connectivity index (χ1v) is 7.71. The van der Waals surface area contributed by atoms with Crippen molar-refractivity contribution in [2.45, 2.75) is 6.42 Å². The van der Waals surface area contributed by atoms with Crippen LogP contribution in [0, 0.1) is 0 Å². The van der Waals surface area contributed by atoms with Crippen LogP contribution in [-0.4, -0.2) is 32.9 Å². The second-order valence-electron chi connectivity index (χ2n) is 5.83. The minimum absolute atomic E-state index is 0.355. The van der Waals surface area contributed by atoms with Gasteiger partial charge in [-0.2, -0.15) is 0 Å². The van der Waals surface area contributed by atoms with Crippen molar-refractivity contribution in [1.82, 2.24) is 18.7 Å². The number of hydrogen-bond acceptors (Lipinski definition) is 5. The fourth-order valence-corrected chi connectivity index (χ4v) is 2.89. The van der Waals surface area contributed by atoms with Crippen molar-refractivity contribution in [3.05, 3.63) is 50.4 Å². The highest BCUT2D eigenvalue weighted by atomic mass is 16.5. The molecule has 8 nitrogen and oxygen atoms in total. The van der Waals surface area contributed by atoms with Gasteiger partial charge in [0.05, 0.1) is 14.2 Å². The Morgan fingerprint density at radius 1 is 0.960 bits per heavy atom. The smallest absolute Gasteiger partial charge is 0.332 e. The Bertz CT molecular complexity index is 1070. The summed E-state index contributed by atoms with van der Waals surface area (Å²) in [5.41, 5.74) is 0.990. The lowest BCUT2D eigenvalue weighted by atomic mass is 10.1. The zero-order valence-corrected chi connectivity index (χ0v) is 14.9. The third-order valence-corrected chi connectivity index (χ3v) is 4.38. The predicted molar refractivity (Wildman–Crippen MR) is 93.5 cm³/mol. The van der Waals surface area contributed by atoms with Crippen molar-refractivity contribution >= 4 is 11.2 Å². The van der Waals surface area contributed by atoms with Crippen LogP contribution in [0.2, 0.25) is 0 Å². The van der Waals surface area contributed by atoms with Gasteiger partial charge in [-0.25, -0.2) is 9.78 Å². The monoisotopic (exact) mass is 344 g/mol. The molecule has 0 unspecified atom stereocenters. The third kappa shape index (κ3) is 2.59. The molecule has 0 radical (unpaired) electrons. The first kappa shape index (κ1) is 16.8. The van der Waals surface area contributed by atoms with Gasteiger partial charge >= 0.3 is 5.69 Å². The standard InChI is InChI=1S/C17H20N4O4/c1-19-13(9-10-6-7-11(24-4)12(8-10)25-5)18-15-14(19)16(22)21(3)17(23)20(15)2/h6-8H,9H2,1-5H3. The highest BCUT2D eigenvalue weighted by Gasteiger charge is 2.17. The third-order valence-electron chi connectivity index (χ3n) is 4.38. The average Bonchev–Trinajstić information content (AvgIpc) is 2.94. The van der Waals surface area contributed by atoms with Gasteiger partial charge in [-0.3, -0.25) is 13.9 Å². The summed E-state index contributed by atoms with van der Waals surface area (Å²) >= 11 is 0. The summed E-state index contributed by atoms with van der Waals surface area (Å²) in [5.74, 6) is 1.95. The molecule has 0 aliphatic carbocycles. The molecule has 25 heavy (non-hydrogen) atoms. The number of nitrogens with zero attached hydrogens (tertiary/aromatic N) is 4. The number of benzene rings is 1. The minimum atomic E-state index is -0.395. The summed E-state index contributed by atoms with van der Waals surface area (Å²) in [6, 6.07) is 5.61. The van der Waals surface area contributed by atoms with Gasteiger partial charge in [0, 0.05) is 27.6 Å². The number of imidazole rings is 1. The van der Waals surface area contributed by atoms with Gasteiger partial charge < -0.3 is 14.0 Å². The molecular weight excluding hydrogens is 324 g/mol. The molecule has 0 spiro atoms. The van der Waals surface area contributed by atoms with Gasteiger partial charge in [-0.05, 0) is 17.7 Å². The first-order valence-electron chi connectivity index (χ1n) is 7.71. The van der Waals surface area contributed by atoms with Gasteiger partial charge in [0.1, 0.15) is 5.82 Å². The lowest BCUT2D eigenvalue weighted by Gasteiger charge is -2.09. The first-order chi connectivity index (χ1) is 11.9. The number of aromatic nitrogens is 4. The number of methoxy groups -OCH3 is 2. The van der Waals surface area contributed by atoms with E-state index in [-0.39, 0.29) is 5.56 Å². The Hall–Kier alpha value is -3.03. The van der Waals surface area contributed by atoms with Crippen LogP contribution in [0.15, 0.2) is 27.8 Å². The molecule has 0 bridgehead atoms. The topological polar surface area (TPSA) is 80.3 Å². The van der Waals surface area contributed by atoms with Gasteiger partial charge in [0.2, 0.25) is 0 Å². The number of aryl methyl sites for hydroxylation is 2. The molecule has 0 amide bonds. The summed E-state index contributed by atoms with van der Waals surface area (Å²) in [4.78, 5) is 29.0. The van der Waals surface area contributed by atoms with E-state index in [4.69, 9.17) is 9.47 Å². The van der Waals surface area contributed by atoms with E-state index in [1.807, 2.05) is 18.2 Å². The van der Waals surface area contributed by atoms with Crippen molar-refractivity contribution < 1.29 is 9.47 Å². The minimum Gasteiger partial charge on any atom is -0.493 e. The molecule has 8 heteroatoms. The molecule has 0 fully saturated rings. The SMILES string of the molecule is COc1ccc(Cc2nc3c(c(=O)n(C)c(=O)n3C)n2C)cc1OC. The van der Waals surface area contributed by atoms with E-state index in [0.717, 1.165) is 10.1 Å². The highest BCUT2D eigenvalue weighted by Crippen LogP contribution is 2.28. The molecule has 0 N–H and O–H groups in total. The fourth-order valence-electron chi connectivity index (χ4n) is 2.89. The zero-order chi connectivity index (χ0) is 18.3. The van der Waals surface area contributed by atoms with Gasteiger partial charge in [0.15, 0.2) is 22.7 Å². The van der Waals surface area contributed by atoms with Crippen LogP contribution in [-0.2, 0) is 27.6 Å². The molecule has 2 aromatic heterocycles. The maximum Gasteiger partial charge on any atom is 0.332 e. The van der Waals surface area contributed by atoms with Crippen LogP contribution >= 0.6 is 0 Å². The van der Waals surface area contributed by atoms with Crippen LogP contribution in [0.1, 0.15) is 11.4 Å². The number of hydrogen-bond donors (Lipinski definition) is 0. The normalized spacial score (nSPS) is 11.1. The highest BCUT2D eigenvalue weighted by molar-refractivity contribution is 5.71. The van der Waals surface area contributed by atoms with E-state index in [1.165, 1.54) is 11.6 Å². The number of rotatable bonds is 4. The lowest BCUT2D eigenvalue weighted by Crippen LogP contribution is -2.37. The van der Waals surface area contributed by atoms with Crippen LogP contribution in [0.5, 0.6) is 11.5 Å². The summed E-state index contributed by atoms with van der Waals surface area (Å²) in [6.07, 6.45) is 0.489. The summed E-state index contributed by atoms with van der Waals surface area (Å²) in [5, 5.41) is 0. The molecular formula is C17H20N4O4. The van der Waals surface area contributed by atoms with Crippen LogP contribution in [0.4, 0.5) is 0 Å². The van der Waals surface area contributed by atoms with E-state index in [1.54, 1.807) is 32.9 Å². The number of ether oxygens (including phenoxy) is 2. The van der Waals surface area contributed by atoms with Gasteiger partial charge in [-0.15, -0.1) is 0 Å². The van der Waals surface area contributed by atoms with Crippen molar-refractivity contribution in [2.75, 3.05) is 14.2 Å². The van der Waals surface area contributed by atoms with Crippen molar-refractivity contribution in [3.63, 3.8) is 0 Å². The second-order valence-corrected chi connectivity index (χ2v) is 5.83.